The number of hydrogen-bond donors (Lipinski definition) is 3. The summed E-state index contributed by atoms with van der Waals surface area (Å²) in [4.78, 5) is 41.9. The van der Waals surface area contributed by atoms with Gasteiger partial charge in [0.2, 0.25) is 5.91 Å². The van der Waals surface area contributed by atoms with Crippen molar-refractivity contribution in [2.75, 3.05) is 25.0 Å². The van der Waals surface area contributed by atoms with E-state index in [9.17, 15) is 28.4 Å². The molecule has 0 bridgehead atoms. The van der Waals surface area contributed by atoms with Gasteiger partial charge in [-0.25, -0.2) is 4.98 Å². The van der Waals surface area contributed by atoms with Crippen LogP contribution in [0.25, 0.3) is 0 Å². The first kappa shape index (κ1) is 27.5. The van der Waals surface area contributed by atoms with Gasteiger partial charge in [0.15, 0.2) is 18.6 Å². The van der Waals surface area contributed by atoms with Crippen LogP contribution in [0, 0.1) is 5.21 Å². The molecule has 3 aromatic rings. The number of pyridine rings is 1. The van der Waals surface area contributed by atoms with Crippen LogP contribution in [0.15, 0.2) is 59.7 Å². The van der Waals surface area contributed by atoms with Gasteiger partial charge in [0.1, 0.15) is 11.8 Å². The summed E-state index contributed by atoms with van der Waals surface area (Å²) in [7, 11) is 0. The lowest BCUT2D eigenvalue weighted by atomic mass is 10.1. The molecule has 1 aromatic carbocycles. The van der Waals surface area contributed by atoms with Crippen LogP contribution in [0.4, 0.5) is 14.6 Å². The monoisotopic (exact) mass is 542 g/mol. The average molecular weight is 543 g/mol. The van der Waals surface area contributed by atoms with Crippen LogP contribution in [0.5, 0.6) is 5.75 Å². The molecule has 13 heteroatoms. The minimum Gasteiger partial charge on any atom is -0.618 e. The van der Waals surface area contributed by atoms with Gasteiger partial charge in [0, 0.05) is 42.7 Å². The fraction of sp³-hybridized carbons (Fsp3) is 0.346. The fourth-order valence-electron chi connectivity index (χ4n) is 4.29. The molecule has 3 heterocycles. The van der Waals surface area contributed by atoms with Crippen LogP contribution < -0.4 is 31.0 Å². The average Bonchev–Trinajstić information content (AvgIpc) is 3.36. The van der Waals surface area contributed by atoms with Crippen molar-refractivity contribution >= 4 is 17.6 Å². The molecular weight excluding hydrogens is 514 g/mol. The maximum atomic E-state index is 14.6. The summed E-state index contributed by atoms with van der Waals surface area (Å²) in [6, 6.07) is 9.71. The number of alkyl halides is 2. The largest absolute Gasteiger partial charge is 0.618 e. The minimum atomic E-state index is -3.58. The van der Waals surface area contributed by atoms with Crippen molar-refractivity contribution < 1.29 is 27.8 Å². The molecule has 206 valence electrons. The molecule has 0 fully saturated rings. The fourth-order valence-corrected chi connectivity index (χ4v) is 4.29. The first-order valence-corrected chi connectivity index (χ1v) is 12.4. The third kappa shape index (κ3) is 6.30. The highest BCUT2D eigenvalue weighted by atomic mass is 19.3. The summed E-state index contributed by atoms with van der Waals surface area (Å²) in [5.41, 5.74) is -0.346. The summed E-state index contributed by atoms with van der Waals surface area (Å²) < 4.78 is 36.1. The Hall–Kier alpha value is -4.55. The Morgan fingerprint density at radius 3 is 2.74 bits per heavy atom. The molecule has 1 atom stereocenters. The first-order valence-electron chi connectivity index (χ1n) is 12.4. The van der Waals surface area contributed by atoms with Crippen LogP contribution in [0.1, 0.15) is 36.3 Å². The van der Waals surface area contributed by atoms with E-state index in [0.717, 1.165) is 12.3 Å². The number of nitrogens with zero attached hydrogens (tertiary/aromatic N) is 3. The second kappa shape index (κ2) is 11.9. The number of rotatable bonds is 11. The molecule has 1 aliphatic rings. The Labute approximate surface area is 222 Å². The predicted octanol–water partition coefficient (Wildman–Crippen LogP) is 1.40. The van der Waals surface area contributed by atoms with E-state index in [-0.39, 0.29) is 29.6 Å². The maximum Gasteiger partial charge on any atom is 0.347 e. The molecule has 0 saturated heterocycles. The third-order valence-electron chi connectivity index (χ3n) is 6.20. The number of benzene rings is 1. The molecule has 4 rings (SSSR count). The van der Waals surface area contributed by atoms with E-state index in [1.54, 1.807) is 31.2 Å². The van der Waals surface area contributed by atoms with Gasteiger partial charge < -0.3 is 25.9 Å². The number of anilines is 1. The van der Waals surface area contributed by atoms with Gasteiger partial charge in [-0.2, -0.15) is 13.5 Å². The zero-order valence-corrected chi connectivity index (χ0v) is 21.2. The number of likely N-dealkylation sites (N-methyl/N-ethyl adjacent to an activating group) is 1. The lowest BCUT2D eigenvalue weighted by molar-refractivity contribution is -0.624. The van der Waals surface area contributed by atoms with Crippen molar-refractivity contribution in [2.24, 2.45) is 0 Å². The quantitative estimate of drug-likeness (QED) is 0.246. The highest BCUT2D eigenvalue weighted by Gasteiger charge is 2.40. The molecule has 0 aliphatic carbocycles. The molecule has 39 heavy (non-hydrogen) atoms. The van der Waals surface area contributed by atoms with Crippen LogP contribution in [0.3, 0.4) is 0 Å². The topological polar surface area (TPSA) is 141 Å². The SMILES string of the molecule is CCNC(=O)COc1ccccc1CNC(=O)[C@H]1CCc2cnc(NCC(F)(F)c3cccc[n+]3[O-])c(=O)n21. The number of carbonyl (C=O) groups excluding carboxylic acids is 2. The molecule has 0 unspecified atom stereocenters. The lowest BCUT2D eigenvalue weighted by Crippen LogP contribution is -2.42. The molecule has 2 aromatic heterocycles. The Bertz CT molecular complexity index is 1410. The lowest BCUT2D eigenvalue weighted by Gasteiger charge is -2.18. The molecule has 0 radical (unpaired) electrons. The number of carbonyl (C=O) groups is 2. The number of nitrogens with one attached hydrogen (secondary N) is 3. The van der Waals surface area contributed by atoms with Crippen molar-refractivity contribution in [3.05, 3.63) is 87.4 Å². The second-order valence-corrected chi connectivity index (χ2v) is 8.87. The van der Waals surface area contributed by atoms with Gasteiger partial charge in [0.25, 0.3) is 17.2 Å². The number of ether oxygens (including phenoxy) is 1. The zero-order chi connectivity index (χ0) is 28.0. The normalized spacial score (nSPS) is 14.4. The van der Waals surface area contributed by atoms with Gasteiger partial charge in [-0.15, -0.1) is 0 Å². The van der Waals surface area contributed by atoms with Gasteiger partial charge >= 0.3 is 5.92 Å². The van der Waals surface area contributed by atoms with E-state index in [0.29, 0.717) is 36.4 Å². The highest BCUT2D eigenvalue weighted by molar-refractivity contribution is 5.81. The number of fused-ring (bicyclic) bond motifs is 1. The first-order chi connectivity index (χ1) is 18.7. The van der Waals surface area contributed by atoms with Gasteiger partial charge in [-0.3, -0.25) is 19.0 Å². The number of amides is 2. The van der Waals surface area contributed by atoms with Gasteiger partial charge in [-0.05, 0) is 31.9 Å². The van der Waals surface area contributed by atoms with Gasteiger partial charge in [-0.1, -0.05) is 18.2 Å². The molecule has 11 nitrogen and oxygen atoms in total. The minimum absolute atomic E-state index is 0.0637. The molecule has 0 saturated carbocycles. The summed E-state index contributed by atoms with van der Waals surface area (Å²) in [5, 5.41) is 19.5. The number of para-hydroxylation sites is 1. The Morgan fingerprint density at radius 1 is 1.21 bits per heavy atom. The molecular formula is C26H28F2N6O5. The summed E-state index contributed by atoms with van der Waals surface area (Å²) in [5.74, 6) is -4.21. The van der Waals surface area contributed by atoms with E-state index < -0.39 is 35.7 Å². The van der Waals surface area contributed by atoms with Crippen molar-refractivity contribution in [3.8, 4) is 5.75 Å². The van der Waals surface area contributed by atoms with E-state index in [1.165, 1.54) is 22.9 Å². The van der Waals surface area contributed by atoms with Crippen molar-refractivity contribution in [2.45, 2.75) is 38.3 Å². The third-order valence-corrected chi connectivity index (χ3v) is 6.20. The Balaban J connectivity index is 1.44. The zero-order valence-electron chi connectivity index (χ0n) is 21.2. The Morgan fingerprint density at radius 2 is 1.97 bits per heavy atom. The maximum absolute atomic E-state index is 14.6. The second-order valence-electron chi connectivity index (χ2n) is 8.87. The summed E-state index contributed by atoms with van der Waals surface area (Å²) in [6.07, 6.45) is 3.07. The van der Waals surface area contributed by atoms with Crippen LogP contribution in [0.2, 0.25) is 0 Å². The molecule has 1 aliphatic heterocycles. The highest BCUT2D eigenvalue weighted by Crippen LogP contribution is 2.27. The van der Waals surface area contributed by atoms with E-state index in [2.05, 4.69) is 20.9 Å². The van der Waals surface area contributed by atoms with E-state index >= 15 is 0 Å². The number of halogens is 2. The van der Waals surface area contributed by atoms with Crippen LogP contribution in [-0.4, -0.2) is 41.1 Å². The summed E-state index contributed by atoms with van der Waals surface area (Å²) in [6.45, 7) is 1.14. The van der Waals surface area contributed by atoms with E-state index in [4.69, 9.17) is 4.74 Å². The van der Waals surface area contributed by atoms with Crippen LogP contribution >= 0.6 is 0 Å². The van der Waals surface area contributed by atoms with Crippen molar-refractivity contribution in [1.29, 1.82) is 0 Å². The smallest absolute Gasteiger partial charge is 0.347 e. The predicted molar refractivity (Wildman–Crippen MR) is 136 cm³/mol. The molecule has 2 amide bonds. The number of aryl methyl sites for hydroxylation is 1. The summed E-state index contributed by atoms with van der Waals surface area (Å²) >= 11 is 0. The van der Waals surface area contributed by atoms with Gasteiger partial charge in [0.05, 0.1) is 6.54 Å². The van der Waals surface area contributed by atoms with Crippen LogP contribution in [-0.2, 0) is 28.5 Å². The van der Waals surface area contributed by atoms with Crippen molar-refractivity contribution in [1.82, 2.24) is 20.2 Å². The molecule has 3 N–H and O–H groups in total. The standard InChI is InChI=1S/C26H28F2N6O5/c1-2-29-22(35)15-39-20-8-4-3-7-17(20)13-31-24(36)19-11-10-18-14-30-23(25(37)34(18)19)32-16-26(27,28)21-9-5-6-12-33(21)38/h3-9,12,14,19H,2,10-11,13,15-16H2,1H3,(H,29,35)(H,30,32)(H,31,36)/t19-/m1/s1. The molecule has 0 spiro atoms. The van der Waals surface area contributed by atoms with E-state index in [1.807, 2.05) is 0 Å². The van der Waals surface area contributed by atoms with Crippen molar-refractivity contribution in [3.63, 3.8) is 0 Å². The number of aromatic nitrogens is 3. The Kier molecular flexibility index (Phi) is 8.37. The number of hydrogen-bond acceptors (Lipinski definition) is 7.